The minimum absolute atomic E-state index is 0.283. The third kappa shape index (κ3) is 1.35. The fourth-order valence-electron chi connectivity index (χ4n) is 3.00. The van der Waals surface area contributed by atoms with Crippen LogP contribution in [0.2, 0.25) is 0 Å². The van der Waals surface area contributed by atoms with E-state index in [-0.39, 0.29) is 5.41 Å². The molecule has 82 valence electrons. The van der Waals surface area contributed by atoms with Gasteiger partial charge in [0, 0.05) is 6.42 Å². The van der Waals surface area contributed by atoms with E-state index in [0.29, 0.717) is 11.7 Å². The fraction of sp³-hybridized carbons (Fsp3) is 0.615. The minimum atomic E-state index is -0.283. The second-order valence-corrected chi connectivity index (χ2v) is 4.83. The van der Waals surface area contributed by atoms with Gasteiger partial charge in [0.2, 0.25) is 0 Å². The molecule has 2 nitrogen and oxygen atoms in total. The summed E-state index contributed by atoms with van der Waals surface area (Å²) in [5, 5.41) is 0. The first kappa shape index (κ1) is 10.5. The third-order valence-corrected chi connectivity index (χ3v) is 3.61. The van der Waals surface area contributed by atoms with Crippen LogP contribution < -0.4 is 0 Å². The topological polar surface area (TPSA) is 26.3 Å². The van der Waals surface area contributed by atoms with Crippen molar-refractivity contribution in [3.05, 3.63) is 23.5 Å². The van der Waals surface area contributed by atoms with E-state index in [9.17, 15) is 4.79 Å². The van der Waals surface area contributed by atoms with Gasteiger partial charge < -0.3 is 4.74 Å². The van der Waals surface area contributed by atoms with Crippen LogP contribution in [-0.4, -0.2) is 12.9 Å². The van der Waals surface area contributed by atoms with Gasteiger partial charge in [0.15, 0.2) is 0 Å². The second-order valence-electron chi connectivity index (χ2n) is 4.83. The van der Waals surface area contributed by atoms with Gasteiger partial charge in [0.1, 0.15) is 5.78 Å². The van der Waals surface area contributed by atoms with Crippen molar-refractivity contribution < 1.29 is 9.53 Å². The van der Waals surface area contributed by atoms with Crippen molar-refractivity contribution in [1.82, 2.24) is 0 Å². The Morgan fingerprint density at radius 1 is 1.53 bits per heavy atom. The predicted octanol–water partition coefficient (Wildman–Crippen LogP) is 2.85. The smallest absolute Gasteiger partial charge is 0.147 e. The molecule has 0 amide bonds. The Morgan fingerprint density at radius 2 is 2.27 bits per heavy atom. The van der Waals surface area contributed by atoms with Gasteiger partial charge in [-0.2, -0.15) is 0 Å². The Labute approximate surface area is 91.0 Å². The van der Waals surface area contributed by atoms with Crippen LogP contribution in [0.1, 0.15) is 33.1 Å². The number of hydrogen-bond donors (Lipinski definition) is 0. The Kier molecular flexibility index (Phi) is 2.45. The number of carbonyl (C=O) groups excluding carboxylic acids is 1. The van der Waals surface area contributed by atoms with E-state index < -0.39 is 0 Å². The summed E-state index contributed by atoms with van der Waals surface area (Å²) in [4.78, 5) is 11.9. The van der Waals surface area contributed by atoms with Gasteiger partial charge in [-0.15, -0.1) is 0 Å². The highest BCUT2D eigenvalue weighted by Crippen LogP contribution is 2.59. The van der Waals surface area contributed by atoms with E-state index in [1.54, 1.807) is 13.4 Å². The molecule has 15 heavy (non-hydrogen) atoms. The molecule has 2 atom stereocenters. The Hall–Kier alpha value is -1.05. The molecule has 0 N–H and O–H groups in total. The summed E-state index contributed by atoms with van der Waals surface area (Å²) in [6.07, 6.45) is 6.81. The Bertz CT molecular complexity index is 348. The van der Waals surface area contributed by atoms with Crippen molar-refractivity contribution in [1.29, 1.82) is 0 Å². The molecule has 0 aliphatic heterocycles. The second kappa shape index (κ2) is 3.51. The van der Waals surface area contributed by atoms with Gasteiger partial charge >= 0.3 is 0 Å². The quantitative estimate of drug-likeness (QED) is 0.513. The number of ether oxygens (including phenoxy) is 1. The van der Waals surface area contributed by atoms with E-state index in [1.807, 2.05) is 0 Å². The molecule has 2 rings (SSSR count). The number of carbonyl (C=O) groups is 1. The van der Waals surface area contributed by atoms with Crippen LogP contribution in [0.5, 0.6) is 0 Å². The van der Waals surface area contributed by atoms with Crippen LogP contribution in [-0.2, 0) is 9.53 Å². The molecule has 0 radical (unpaired) electrons. The average Bonchev–Trinajstić information content (AvgIpc) is 2.42. The number of allylic oxidation sites excluding steroid dienone is 3. The summed E-state index contributed by atoms with van der Waals surface area (Å²) in [5.74, 6) is 0.899. The van der Waals surface area contributed by atoms with Crippen LogP contribution in [0.25, 0.3) is 0 Å². The van der Waals surface area contributed by atoms with Gasteiger partial charge in [-0.25, -0.2) is 0 Å². The Balaban J connectivity index is 2.41. The molecular formula is C13H18O2. The van der Waals surface area contributed by atoms with Crippen molar-refractivity contribution >= 4 is 5.78 Å². The molecule has 1 unspecified atom stereocenters. The molecular weight excluding hydrogens is 188 g/mol. The molecule has 2 saturated carbocycles. The summed E-state index contributed by atoms with van der Waals surface area (Å²) in [5.41, 5.74) is 2.11. The van der Waals surface area contributed by atoms with E-state index in [4.69, 9.17) is 4.74 Å². The van der Waals surface area contributed by atoms with Crippen molar-refractivity contribution in [2.24, 2.45) is 11.3 Å². The summed E-state index contributed by atoms with van der Waals surface area (Å²) >= 11 is 0. The highest BCUT2D eigenvalue weighted by atomic mass is 16.5. The normalized spacial score (nSPS) is 36.1. The maximum absolute atomic E-state index is 11.9. The molecule has 0 saturated heterocycles. The molecule has 2 fully saturated rings. The standard InChI is InChI=1S/C13H18O2/c1-9(2)7-13-10(6-12(13)14)4-5-11(13)8-15-3/h7-8,10H,4-6H2,1-3H3/b11-8+/t10?,13-/m0/s1. The van der Waals surface area contributed by atoms with Crippen molar-refractivity contribution in [3.8, 4) is 0 Å². The molecule has 0 bridgehead atoms. The molecule has 0 heterocycles. The molecule has 2 heteroatoms. The van der Waals surface area contributed by atoms with Crippen LogP contribution in [0.3, 0.4) is 0 Å². The SMILES string of the molecule is CO/C=C1\CCC2CC(=O)[C@]12C=C(C)C. The maximum Gasteiger partial charge on any atom is 0.147 e. The number of Topliss-reactive ketones (excluding diaryl/α,β-unsaturated/α-hetero) is 1. The van der Waals surface area contributed by atoms with Gasteiger partial charge in [-0.05, 0) is 38.2 Å². The summed E-state index contributed by atoms with van der Waals surface area (Å²) in [6, 6.07) is 0. The number of methoxy groups -OCH3 is 1. The molecule has 0 spiro atoms. The lowest BCUT2D eigenvalue weighted by Crippen LogP contribution is -2.46. The van der Waals surface area contributed by atoms with E-state index in [0.717, 1.165) is 19.3 Å². The van der Waals surface area contributed by atoms with Crippen molar-refractivity contribution in [2.45, 2.75) is 33.1 Å². The van der Waals surface area contributed by atoms with Crippen molar-refractivity contribution in [2.75, 3.05) is 7.11 Å². The van der Waals surface area contributed by atoms with Gasteiger partial charge in [-0.1, -0.05) is 11.6 Å². The van der Waals surface area contributed by atoms with E-state index in [2.05, 4.69) is 19.9 Å². The highest BCUT2D eigenvalue weighted by molar-refractivity contribution is 5.97. The first-order valence-corrected chi connectivity index (χ1v) is 5.53. The lowest BCUT2D eigenvalue weighted by Gasteiger charge is -2.42. The summed E-state index contributed by atoms with van der Waals surface area (Å²) in [7, 11) is 1.65. The summed E-state index contributed by atoms with van der Waals surface area (Å²) in [6.45, 7) is 4.11. The Morgan fingerprint density at radius 3 is 2.80 bits per heavy atom. The zero-order valence-corrected chi connectivity index (χ0v) is 9.67. The minimum Gasteiger partial charge on any atom is -0.504 e. The van der Waals surface area contributed by atoms with Gasteiger partial charge in [-0.3, -0.25) is 4.79 Å². The van der Waals surface area contributed by atoms with Crippen molar-refractivity contribution in [3.63, 3.8) is 0 Å². The van der Waals surface area contributed by atoms with E-state index >= 15 is 0 Å². The summed E-state index contributed by atoms with van der Waals surface area (Å²) < 4.78 is 5.09. The molecule has 2 aliphatic carbocycles. The number of fused-ring (bicyclic) bond motifs is 1. The molecule has 0 aromatic rings. The monoisotopic (exact) mass is 206 g/mol. The van der Waals surface area contributed by atoms with Crippen LogP contribution in [0.4, 0.5) is 0 Å². The van der Waals surface area contributed by atoms with Crippen LogP contribution in [0, 0.1) is 11.3 Å². The van der Waals surface area contributed by atoms with Crippen LogP contribution >= 0.6 is 0 Å². The first-order valence-electron chi connectivity index (χ1n) is 5.53. The zero-order chi connectivity index (χ0) is 11.1. The fourth-order valence-corrected chi connectivity index (χ4v) is 3.00. The average molecular weight is 206 g/mol. The largest absolute Gasteiger partial charge is 0.504 e. The number of rotatable bonds is 2. The van der Waals surface area contributed by atoms with Gasteiger partial charge in [0.25, 0.3) is 0 Å². The molecule has 0 aromatic heterocycles. The molecule has 0 aromatic carbocycles. The first-order chi connectivity index (χ1) is 7.11. The van der Waals surface area contributed by atoms with E-state index in [1.165, 1.54) is 11.1 Å². The maximum atomic E-state index is 11.9. The predicted molar refractivity (Wildman–Crippen MR) is 59.3 cm³/mol. The third-order valence-electron chi connectivity index (χ3n) is 3.61. The zero-order valence-electron chi connectivity index (χ0n) is 9.67. The highest BCUT2D eigenvalue weighted by Gasteiger charge is 2.58. The van der Waals surface area contributed by atoms with Gasteiger partial charge in [0.05, 0.1) is 18.8 Å². The van der Waals surface area contributed by atoms with Crippen LogP contribution in [0.15, 0.2) is 23.5 Å². The lowest BCUT2D eigenvalue weighted by molar-refractivity contribution is -0.136. The molecule has 2 aliphatic rings. The number of hydrogen-bond acceptors (Lipinski definition) is 2. The lowest BCUT2D eigenvalue weighted by atomic mass is 9.59. The number of ketones is 1.